The fourth-order valence-electron chi connectivity index (χ4n) is 3.42. The molecular weight excluding hydrogens is 318 g/mol. The first kappa shape index (κ1) is 16.2. The van der Waals surface area contributed by atoms with E-state index in [2.05, 4.69) is 5.32 Å². The summed E-state index contributed by atoms with van der Waals surface area (Å²) < 4.78 is 17.6. The first-order valence-corrected chi connectivity index (χ1v) is 8.81. The number of fused-ring (bicyclic) bond motifs is 1. The van der Waals surface area contributed by atoms with Gasteiger partial charge in [0.1, 0.15) is 30.7 Å². The van der Waals surface area contributed by atoms with Crippen LogP contribution in [0.4, 0.5) is 0 Å². The average molecular weight is 341 g/mol. The predicted molar refractivity (Wildman–Crippen MR) is 94.2 cm³/mol. The molecule has 0 amide bonds. The molecule has 1 aliphatic heterocycles. The maximum Gasteiger partial charge on any atom is 0.161 e. The van der Waals surface area contributed by atoms with Gasteiger partial charge < -0.3 is 24.6 Å². The Kier molecular flexibility index (Phi) is 4.76. The lowest BCUT2D eigenvalue weighted by Crippen LogP contribution is -2.47. The number of rotatable bonds is 5. The van der Waals surface area contributed by atoms with Crippen LogP contribution in [0.3, 0.4) is 0 Å². The second-order valence-corrected chi connectivity index (χ2v) is 6.55. The summed E-state index contributed by atoms with van der Waals surface area (Å²) in [4.78, 5) is 0. The largest absolute Gasteiger partial charge is 0.488 e. The monoisotopic (exact) mass is 341 g/mol. The van der Waals surface area contributed by atoms with Gasteiger partial charge in [-0.2, -0.15) is 0 Å². The Morgan fingerprint density at radius 2 is 1.76 bits per heavy atom. The lowest BCUT2D eigenvalue weighted by molar-refractivity contribution is 0.0385. The summed E-state index contributed by atoms with van der Waals surface area (Å²) in [6, 6.07) is 17.3. The maximum absolute atomic E-state index is 10.5. The number of benzene rings is 2. The molecule has 0 radical (unpaired) electrons. The summed E-state index contributed by atoms with van der Waals surface area (Å²) in [6.07, 6.45) is 0.943. The Labute approximate surface area is 147 Å². The highest BCUT2D eigenvalue weighted by molar-refractivity contribution is 5.40. The molecule has 2 aromatic rings. The van der Waals surface area contributed by atoms with Gasteiger partial charge in [0.25, 0.3) is 0 Å². The highest BCUT2D eigenvalue weighted by Crippen LogP contribution is 2.31. The normalized spacial score (nSPS) is 27.9. The van der Waals surface area contributed by atoms with Gasteiger partial charge in [-0.15, -0.1) is 0 Å². The van der Waals surface area contributed by atoms with Crippen molar-refractivity contribution in [3.8, 4) is 17.2 Å². The number of hydrogen-bond donors (Lipinski definition) is 2. The van der Waals surface area contributed by atoms with Crippen molar-refractivity contribution in [1.82, 2.24) is 5.32 Å². The number of aliphatic hydroxyl groups excluding tert-OH is 1. The molecule has 5 nitrogen and oxygen atoms in total. The smallest absolute Gasteiger partial charge is 0.161 e. The molecule has 1 aliphatic carbocycles. The molecule has 1 saturated carbocycles. The molecule has 2 aliphatic rings. The van der Waals surface area contributed by atoms with E-state index in [0.717, 1.165) is 30.1 Å². The van der Waals surface area contributed by atoms with Crippen LogP contribution in [0.25, 0.3) is 0 Å². The standard InChI is InChI=1S/C20H23NO4/c22-20-16(10-11-19(20)24-14-6-2-1-3-7-14)21-12-15-13-23-17-8-4-5-9-18(17)25-15/h1-9,15-16,19-22H,10-13H2/t15?,16?,19-,20?/m1/s1. The molecular formula is C20H23NO4. The quantitative estimate of drug-likeness (QED) is 0.874. The highest BCUT2D eigenvalue weighted by Gasteiger charge is 2.36. The van der Waals surface area contributed by atoms with Gasteiger partial charge in [-0.05, 0) is 37.1 Å². The molecule has 5 heteroatoms. The Balaban J connectivity index is 1.28. The number of para-hydroxylation sites is 3. The fraction of sp³-hybridized carbons (Fsp3) is 0.400. The van der Waals surface area contributed by atoms with E-state index in [1.165, 1.54) is 0 Å². The zero-order valence-electron chi connectivity index (χ0n) is 14.0. The molecule has 1 heterocycles. The van der Waals surface area contributed by atoms with Gasteiger partial charge in [-0.25, -0.2) is 0 Å². The minimum atomic E-state index is -0.531. The second kappa shape index (κ2) is 7.33. The van der Waals surface area contributed by atoms with E-state index in [0.29, 0.717) is 13.2 Å². The third-order valence-electron chi connectivity index (χ3n) is 4.76. The Morgan fingerprint density at radius 1 is 1.00 bits per heavy atom. The summed E-state index contributed by atoms with van der Waals surface area (Å²) in [5.74, 6) is 2.36. The van der Waals surface area contributed by atoms with E-state index >= 15 is 0 Å². The van der Waals surface area contributed by atoms with Crippen LogP contribution in [0.15, 0.2) is 54.6 Å². The fourth-order valence-corrected chi connectivity index (χ4v) is 3.42. The summed E-state index contributed by atoms with van der Waals surface area (Å²) in [7, 11) is 0. The lowest BCUT2D eigenvalue weighted by atomic mass is 10.2. The van der Waals surface area contributed by atoms with Gasteiger partial charge in [0.15, 0.2) is 11.5 Å². The molecule has 0 bridgehead atoms. The minimum Gasteiger partial charge on any atom is -0.488 e. The summed E-state index contributed by atoms with van der Waals surface area (Å²) in [6.45, 7) is 1.14. The third-order valence-corrected chi connectivity index (χ3v) is 4.76. The van der Waals surface area contributed by atoms with Crippen molar-refractivity contribution in [2.75, 3.05) is 13.2 Å². The van der Waals surface area contributed by atoms with E-state index in [9.17, 15) is 5.11 Å². The zero-order chi connectivity index (χ0) is 17.1. The van der Waals surface area contributed by atoms with Crippen molar-refractivity contribution < 1.29 is 19.3 Å². The average Bonchev–Trinajstić information content (AvgIpc) is 3.00. The van der Waals surface area contributed by atoms with Crippen LogP contribution in [0, 0.1) is 0 Å². The second-order valence-electron chi connectivity index (χ2n) is 6.55. The molecule has 4 atom stereocenters. The molecule has 0 spiro atoms. The van der Waals surface area contributed by atoms with Gasteiger partial charge in [-0.1, -0.05) is 30.3 Å². The Hall–Kier alpha value is -2.24. The summed E-state index contributed by atoms with van der Waals surface area (Å²) in [5.41, 5.74) is 0. The minimum absolute atomic E-state index is 0.00878. The number of aliphatic hydroxyl groups is 1. The van der Waals surface area contributed by atoms with Crippen LogP contribution in [-0.4, -0.2) is 42.6 Å². The van der Waals surface area contributed by atoms with Crippen LogP contribution in [0.5, 0.6) is 17.2 Å². The highest BCUT2D eigenvalue weighted by atomic mass is 16.6. The third kappa shape index (κ3) is 3.72. The maximum atomic E-state index is 10.5. The van der Waals surface area contributed by atoms with Crippen LogP contribution < -0.4 is 19.5 Å². The Morgan fingerprint density at radius 3 is 2.60 bits per heavy atom. The van der Waals surface area contributed by atoms with Crippen molar-refractivity contribution >= 4 is 0 Å². The van der Waals surface area contributed by atoms with Crippen molar-refractivity contribution in [3.05, 3.63) is 54.6 Å². The van der Waals surface area contributed by atoms with Crippen LogP contribution >= 0.6 is 0 Å². The van der Waals surface area contributed by atoms with E-state index < -0.39 is 6.10 Å². The van der Waals surface area contributed by atoms with Crippen molar-refractivity contribution in [1.29, 1.82) is 0 Å². The molecule has 3 unspecified atom stereocenters. The van der Waals surface area contributed by atoms with Gasteiger partial charge in [0.05, 0.1) is 0 Å². The zero-order valence-corrected chi connectivity index (χ0v) is 14.0. The molecule has 4 rings (SSSR count). The Bertz CT molecular complexity index is 693. The number of nitrogens with one attached hydrogen (secondary N) is 1. The molecule has 1 fully saturated rings. The summed E-state index contributed by atoms with van der Waals surface area (Å²) in [5, 5.41) is 14.0. The SMILES string of the molecule is OC1C(NCC2COc3ccccc3O2)CC[C@H]1Oc1ccccc1. The molecule has 132 valence electrons. The first-order chi connectivity index (χ1) is 12.3. The molecule has 2 aromatic carbocycles. The molecule has 0 saturated heterocycles. The van der Waals surface area contributed by atoms with Crippen LogP contribution in [0.1, 0.15) is 12.8 Å². The summed E-state index contributed by atoms with van der Waals surface area (Å²) >= 11 is 0. The number of hydrogen-bond acceptors (Lipinski definition) is 5. The van der Waals surface area contributed by atoms with Crippen molar-refractivity contribution in [2.24, 2.45) is 0 Å². The van der Waals surface area contributed by atoms with Gasteiger partial charge >= 0.3 is 0 Å². The predicted octanol–water partition coefficient (Wildman–Crippen LogP) is 2.39. The first-order valence-electron chi connectivity index (χ1n) is 8.81. The van der Waals surface area contributed by atoms with E-state index in [-0.39, 0.29) is 18.2 Å². The molecule has 0 aromatic heterocycles. The molecule has 2 N–H and O–H groups in total. The van der Waals surface area contributed by atoms with Crippen molar-refractivity contribution in [2.45, 2.75) is 37.2 Å². The van der Waals surface area contributed by atoms with Gasteiger partial charge in [0.2, 0.25) is 0 Å². The topological polar surface area (TPSA) is 60.0 Å². The van der Waals surface area contributed by atoms with Crippen LogP contribution in [0.2, 0.25) is 0 Å². The van der Waals surface area contributed by atoms with Crippen molar-refractivity contribution in [3.63, 3.8) is 0 Å². The van der Waals surface area contributed by atoms with E-state index in [1.807, 2.05) is 54.6 Å². The van der Waals surface area contributed by atoms with Gasteiger partial charge in [0, 0.05) is 12.6 Å². The molecule has 25 heavy (non-hydrogen) atoms. The van der Waals surface area contributed by atoms with E-state index in [1.54, 1.807) is 0 Å². The van der Waals surface area contributed by atoms with Gasteiger partial charge in [-0.3, -0.25) is 0 Å². The van der Waals surface area contributed by atoms with Crippen LogP contribution in [-0.2, 0) is 0 Å². The lowest BCUT2D eigenvalue weighted by Gasteiger charge is -2.28. The van der Waals surface area contributed by atoms with E-state index in [4.69, 9.17) is 14.2 Å². The number of ether oxygens (including phenoxy) is 3.